The molecule has 7 nitrogen and oxygen atoms in total. The van der Waals surface area contributed by atoms with E-state index in [9.17, 15) is 0 Å². The van der Waals surface area contributed by atoms with Gasteiger partial charge in [0.2, 0.25) is 5.95 Å². The van der Waals surface area contributed by atoms with E-state index in [0.717, 1.165) is 60.0 Å². The SMILES string of the molecule is COc1cc(C)c2cnc(Nc3ccc(N4CCC(CCCN5CCNCC5)CC4)cc3)nc2c1C1CCCC1. The normalized spacial score (nSPS) is 19.4. The van der Waals surface area contributed by atoms with E-state index in [4.69, 9.17) is 9.72 Å². The fourth-order valence-electron chi connectivity index (χ4n) is 7.09. The molecule has 0 spiro atoms. The van der Waals surface area contributed by atoms with Crippen molar-refractivity contribution in [3.63, 3.8) is 0 Å². The Morgan fingerprint density at radius 3 is 2.48 bits per heavy atom. The number of fused-ring (bicyclic) bond motifs is 1. The molecule has 214 valence electrons. The van der Waals surface area contributed by atoms with E-state index < -0.39 is 0 Å². The van der Waals surface area contributed by atoms with Gasteiger partial charge < -0.3 is 25.2 Å². The molecule has 1 aromatic heterocycles. The molecule has 2 N–H and O–H groups in total. The molecule has 0 amide bonds. The fraction of sp³-hybridized carbons (Fsp3) is 0.576. The molecule has 2 aliphatic heterocycles. The van der Waals surface area contributed by atoms with Crippen molar-refractivity contribution in [2.75, 3.05) is 63.1 Å². The number of piperazine rings is 1. The van der Waals surface area contributed by atoms with Gasteiger partial charge in [-0.15, -0.1) is 0 Å². The molecule has 3 heterocycles. The van der Waals surface area contributed by atoms with Crippen LogP contribution >= 0.6 is 0 Å². The van der Waals surface area contributed by atoms with E-state index in [1.54, 1.807) is 7.11 Å². The van der Waals surface area contributed by atoms with Gasteiger partial charge in [-0.2, -0.15) is 0 Å². The summed E-state index contributed by atoms with van der Waals surface area (Å²) < 4.78 is 5.84. The predicted molar refractivity (Wildman–Crippen MR) is 165 cm³/mol. The molecule has 40 heavy (non-hydrogen) atoms. The molecular formula is C33H46N6O. The van der Waals surface area contributed by atoms with Crippen molar-refractivity contribution in [1.82, 2.24) is 20.2 Å². The van der Waals surface area contributed by atoms with Crippen LogP contribution in [0.5, 0.6) is 5.75 Å². The third-order valence-corrected chi connectivity index (χ3v) is 9.46. The molecule has 1 saturated carbocycles. The number of aryl methyl sites for hydroxylation is 1. The Morgan fingerprint density at radius 2 is 1.75 bits per heavy atom. The van der Waals surface area contributed by atoms with E-state index >= 15 is 0 Å². The maximum atomic E-state index is 5.84. The van der Waals surface area contributed by atoms with Crippen LogP contribution in [-0.4, -0.2) is 67.8 Å². The maximum absolute atomic E-state index is 5.84. The summed E-state index contributed by atoms with van der Waals surface area (Å²) in [6.45, 7) is 10.4. The van der Waals surface area contributed by atoms with Crippen molar-refractivity contribution in [2.24, 2.45) is 5.92 Å². The third-order valence-electron chi connectivity index (χ3n) is 9.46. The highest BCUT2D eigenvalue weighted by molar-refractivity contribution is 5.88. The lowest BCUT2D eigenvalue weighted by Gasteiger charge is -2.34. The van der Waals surface area contributed by atoms with Gasteiger partial charge in [-0.1, -0.05) is 12.8 Å². The van der Waals surface area contributed by atoms with Gasteiger partial charge in [-0.3, -0.25) is 0 Å². The van der Waals surface area contributed by atoms with E-state index in [1.165, 1.54) is 82.3 Å². The average molecular weight is 543 g/mol. The Balaban J connectivity index is 1.07. The second kappa shape index (κ2) is 12.7. The molecule has 3 aromatic rings. The van der Waals surface area contributed by atoms with Crippen LogP contribution in [0.2, 0.25) is 0 Å². The van der Waals surface area contributed by atoms with Gasteiger partial charge in [0.1, 0.15) is 5.75 Å². The van der Waals surface area contributed by atoms with Crippen LogP contribution in [0.4, 0.5) is 17.3 Å². The van der Waals surface area contributed by atoms with Crippen LogP contribution in [0.25, 0.3) is 10.9 Å². The summed E-state index contributed by atoms with van der Waals surface area (Å²) in [5.41, 5.74) is 5.79. The summed E-state index contributed by atoms with van der Waals surface area (Å²) in [5.74, 6) is 3.00. The molecule has 1 aliphatic carbocycles. The van der Waals surface area contributed by atoms with Crippen molar-refractivity contribution in [3.05, 3.63) is 47.7 Å². The molecule has 2 saturated heterocycles. The monoisotopic (exact) mass is 542 g/mol. The van der Waals surface area contributed by atoms with Gasteiger partial charge in [0.25, 0.3) is 0 Å². The summed E-state index contributed by atoms with van der Waals surface area (Å²) in [7, 11) is 1.78. The van der Waals surface area contributed by atoms with Crippen LogP contribution in [0, 0.1) is 12.8 Å². The van der Waals surface area contributed by atoms with E-state index in [0.29, 0.717) is 11.9 Å². The number of rotatable bonds is 9. The third kappa shape index (κ3) is 6.21. The number of piperidine rings is 1. The fourth-order valence-corrected chi connectivity index (χ4v) is 7.09. The topological polar surface area (TPSA) is 65.6 Å². The standard InChI is InChI=1S/C33H46N6O/c1-24-22-30(40-2)31(26-7-3-4-8-26)32-29(24)23-35-33(37-32)36-27-9-11-28(12-10-27)39-18-13-25(14-19-39)6-5-17-38-20-15-34-16-21-38/h9-12,22-23,25-26,34H,3-8,13-21H2,1-2H3,(H,35,36,37). The number of hydrogen-bond acceptors (Lipinski definition) is 7. The second-order valence-corrected chi connectivity index (χ2v) is 12.1. The first kappa shape index (κ1) is 27.3. The molecule has 3 aliphatic rings. The summed E-state index contributed by atoms with van der Waals surface area (Å²) >= 11 is 0. The predicted octanol–water partition coefficient (Wildman–Crippen LogP) is 6.25. The first-order chi connectivity index (χ1) is 19.7. The zero-order valence-electron chi connectivity index (χ0n) is 24.4. The largest absolute Gasteiger partial charge is 0.496 e. The Hall–Kier alpha value is -2.90. The highest BCUT2D eigenvalue weighted by Crippen LogP contribution is 2.43. The van der Waals surface area contributed by atoms with Crippen LogP contribution in [0.3, 0.4) is 0 Å². The number of aromatic nitrogens is 2. The number of anilines is 3. The molecule has 3 fully saturated rings. The zero-order valence-corrected chi connectivity index (χ0v) is 24.4. The number of ether oxygens (including phenoxy) is 1. The average Bonchev–Trinajstić information content (AvgIpc) is 3.53. The Kier molecular flexibility index (Phi) is 8.68. The van der Waals surface area contributed by atoms with Crippen molar-refractivity contribution >= 4 is 28.2 Å². The summed E-state index contributed by atoms with van der Waals surface area (Å²) in [4.78, 5) is 14.9. The smallest absolute Gasteiger partial charge is 0.227 e. The maximum Gasteiger partial charge on any atom is 0.227 e. The number of hydrogen-bond donors (Lipinski definition) is 2. The van der Waals surface area contributed by atoms with Gasteiger partial charge in [-0.25, -0.2) is 9.97 Å². The molecule has 0 atom stereocenters. The van der Waals surface area contributed by atoms with Crippen molar-refractivity contribution in [3.8, 4) is 5.75 Å². The van der Waals surface area contributed by atoms with Gasteiger partial charge in [0.15, 0.2) is 0 Å². The van der Waals surface area contributed by atoms with Gasteiger partial charge in [0.05, 0.1) is 12.6 Å². The Labute approximate surface area is 239 Å². The van der Waals surface area contributed by atoms with E-state index in [-0.39, 0.29) is 0 Å². The second-order valence-electron chi connectivity index (χ2n) is 12.1. The minimum Gasteiger partial charge on any atom is -0.496 e. The van der Waals surface area contributed by atoms with Crippen molar-refractivity contribution in [2.45, 2.75) is 64.2 Å². The quantitative estimate of drug-likeness (QED) is 0.331. The molecule has 0 radical (unpaired) electrons. The van der Waals surface area contributed by atoms with Crippen LogP contribution in [-0.2, 0) is 0 Å². The highest BCUT2D eigenvalue weighted by Gasteiger charge is 2.25. The lowest BCUT2D eigenvalue weighted by molar-refractivity contribution is 0.227. The first-order valence-electron chi connectivity index (χ1n) is 15.6. The Morgan fingerprint density at radius 1 is 1.00 bits per heavy atom. The zero-order chi connectivity index (χ0) is 27.3. The number of nitrogens with zero attached hydrogens (tertiary/aromatic N) is 4. The molecular weight excluding hydrogens is 496 g/mol. The molecule has 0 unspecified atom stereocenters. The van der Waals surface area contributed by atoms with Gasteiger partial charge in [0, 0.05) is 67.8 Å². The molecule has 7 heteroatoms. The van der Waals surface area contributed by atoms with Gasteiger partial charge >= 0.3 is 0 Å². The van der Waals surface area contributed by atoms with Crippen molar-refractivity contribution in [1.29, 1.82) is 0 Å². The van der Waals surface area contributed by atoms with Crippen molar-refractivity contribution < 1.29 is 4.74 Å². The van der Waals surface area contributed by atoms with Crippen LogP contribution < -0.4 is 20.3 Å². The summed E-state index contributed by atoms with van der Waals surface area (Å²) in [6.07, 6.45) is 12.3. The van der Waals surface area contributed by atoms with Gasteiger partial charge in [-0.05, 0) is 99.7 Å². The molecule has 0 bridgehead atoms. The highest BCUT2D eigenvalue weighted by atomic mass is 16.5. The number of benzene rings is 2. The minimum absolute atomic E-state index is 0.511. The number of methoxy groups -OCH3 is 1. The van der Waals surface area contributed by atoms with Crippen LogP contribution in [0.15, 0.2) is 36.5 Å². The lowest BCUT2D eigenvalue weighted by atomic mass is 9.92. The summed E-state index contributed by atoms with van der Waals surface area (Å²) in [6, 6.07) is 11.0. The van der Waals surface area contributed by atoms with Crippen LogP contribution in [0.1, 0.15) is 68.4 Å². The lowest BCUT2D eigenvalue weighted by Crippen LogP contribution is -2.43. The van der Waals surface area contributed by atoms with E-state index in [1.807, 2.05) is 6.20 Å². The number of nitrogens with one attached hydrogen (secondary N) is 2. The van der Waals surface area contributed by atoms with E-state index in [2.05, 4.69) is 62.7 Å². The molecule has 2 aromatic carbocycles. The molecule has 6 rings (SSSR count). The minimum atomic E-state index is 0.511. The Bertz CT molecular complexity index is 1260. The summed E-state index contributed by atoms with van der Waals surface area (Å²) in [5, 5.41) is 8.04. The first-order valence-corrected chi connectivity index (χ1v) is 15.6.